The lowest BCUT2D eigenvalue weighted by Gasteiger charge is -2.18. The summed E-state index contributed by atoms with van der Waals surface area (Å²) in [5.74, 6) is -0.365. The number of halogens is 3. The topological polar surface area (TPSA) is 76.4 Å². The molecule has 0 aliphatic rings. The zero-order chi connectivity index (χ0) is 23.3. The first-order valence-corrected chi connectivity index (χ1v) is 10.4. The smallest absolute Gasteiger partial charge is 0.406 e. The maximum Gasteiger partial charge on any atom is 0.573 e. The maximum absolute atomic E-state index is 12.5. The highest BCUT2D eigenvalue weighted by Gasteiger charge is 2.31. The van der Waals surface area contributed by atoms with E-state index >= 15 is 0 Å². The molecule has 32 heavy (non-hydrogen) atoms. The normalized spacial score (nSPS) is 11.3. The number of nitrogens with zero attached hydrogens (tertiary/aromatic N) is 6. The molecule has 0 bridgehead atoms. The van der Waals surface area contributed by atoms with Gasteiger partial charge in [0.25, 0.3) is 0 Å². The summed E-state index contributed by atoms with van der Waals surface area (Å²) in [4.78, 5) is 16.1. The van der Waals surface area contributed by atoms with Crippen LogP contribution < -0.4 is 9.64 Å². The van der Waals surface area contributed by atoms with Crippen LogP contribution in [0.3, 0.4) is 0 Å². The molecule has 0 atom stereocenters. The second-order valence-electron chi connectivity index (χ2n) is 7.01. The fourth-order valence-electron chi connectivity index (χ4n) is 2.72. The summed E-state index contributed by atoms with van der Waals surface area (Å²) in [7, 11) is 5.63. The number of hydrogen-bond donors (Lipinski definition) is 0. The second-order valence-corrected chi connectivity index (χ2v) is 7.96. The summed E-state index contributed by atoms with van der Waals surface area (Å²) in [6.45, 7) is 0.457. The largest absolute Gasteiger partial charge is 0.573 e. The van der Waals surface area contributed by atoms with Crippen molar-refractivity contribution in [1.82, 2.24) is 25.1 Å². The number of ether oxygens (including phenoxy) is 1. The Labute approximate surface area is 186 Å². The van der Waals surface area contributed by atoms with Crippen LogP contribution in [0.15, 0.2) is 53.7 Å². The summed E-state index contributed by atoms with van der Waals surface area (Å²) in [6.07, 6.45) is -4.77. The minimum absolute atomic E-state index is 0.0991. The van der Waals surface area contributed by atoms with Gasteiger partial charge in [0, 0.05) is 33.4 Å². The van der Waals surface area contributed by atoms with E-state index in [0.717, 1.165) is 23.0 Å². The number of rotatable bonds is 8. The van der Waals surface area contributed by atoms with Crippen molar-refractivity contribution in [2.24, 2.45) is 0 Å². The van der Waals surface area contributed by atoms with E-state index in [9.17, 15) is 18.0 Å². The lowest BCUT2D eigenvalue weighted by molar-refractivity contribution is -0.274. The Morgan fingerprint density at radius 3 is 2.31 bits per heavy atom. The molecule has 0 aliphatic heterocycles. The van der Waals surface area contributed by atoms with Gasteiger partial charge in [0.05, 0.1) is 11.4 Å². The van der Waals surface area contributed by atoms with Crippen molar-refractivity contribution in [1.29, 1.82) is 0 Å². The van der Waals surface area contributed by atoms with E-state index in [2.05, 4.69) is 20.3 Å². The number of anilines is 1. The van der Waals surface area contributed by atoms with Crippen LogP contribution in [-0.4, -0.2) is 64.3 Å². The first-order chi connectivity index (χ1) is 15.1. The highest BCUT2D eigenvalue weighted by Crippen LogP contribution is 2.25. The first kappa shape index (κ1) is 23.4. The molecule has 3 aromatic rings. The predicted molar refractivity (Wildman–Crippen MR) is 114 cm³/mol. The number of tetrazole rings is 1. The Balaban J connectivity index is 1.58. The highest BCUT2D eigenvalue weighted by molar-refractivity contribution is 7.99. The molecule has 1 amide bonds. The van der Waals surface area contributed by atoms with Crippen molar-refractivity contribution < 1.29 is 22.7 Å². The van der Waals surface area contributed by atoms with Gasteiger partial charge in [-0.2, -0.15) is 4.68 Å². The van der Waals surface area contributed by atoms with Gasteiger partial charge in [0.15, 0.2) is 0 Å². The molecule has 0 N–H and O–H groups in total. The van der Waals surface area contributed by atoms with Crippen molar-refractivity contribution >= 4 is 23.4 Å². The second kappa shape index (κ2) is 9.90. The van der Waals surface area contributed by atoms with E-state index in [1.165, 1.54) is 28.9 Å². The molecule has 0 unspecified atom stereocenters. The molecule has 1 heterocycles. The molecule has 0 spiro atoms. The van der Waals surface area contributed by atoms with E-state index in [4.69, 9.17) is 0 Å². The minimum Gasteiger partial charge on any atom is -0.406 e. The molecular formula is C20H21F3N6O2S. The minimum atomic E-state index is -4.77. The van der Waals surface area contributed by atoms with Crippen LogP contribution in [0.25, 0.3) is 5.69 Å². The summed E-state index contributed by atoms with van der Waals surface area (Å²) >= 11 is 1.13. The fourth-order valence-corrected chi connectivity index (χ4v) is 3.55. The lowest BCUT2D eigenvalue weighted by atomic mass is 10.2. The van der Waals surface area contributed by atoms with Crippen molar-refractivity contribution in [3.05, 3.63) is 54.1 Å². The quantitative estimate of drug-likeness (QED) is 0.471. The van der Waals surface area contributed by atoms with Crippen LogP contribution in [0.1, 0.15) is 5.56 Å². The lowest BCUT2D eigenvalue weighted by Crippen LogP contribution is -2.28. The third-order valence-corrected chi connectivity index (χ3v) is 5.28. The van der Waals surface area contributed by atoms with E-state index in [-0.39, 0.29) is 17.4 Å². The third kappa shape index (κ3) is 6.36. The number of alkyl halides is 3. The van der Waals surface area contributed by atoms with Gasteiger partial charge in [-0.25, -0.2) is 0 Å². The van der Waals surface area contributed by atoms with Crippen LogP contribution in [0.2, 0.25) is 0 Å². The van der Waals surface area contributed by atoms with Crippen molar-refractivity contribution in [3.8, 4) is 11.4 Å². The third-order valence-electron chi connectivity index (χ3n) is 4.38. The van der Waals surface area contributed by atoms with Gasteiger partial charge in [-0.3, -0.25) is 4.79 Å². The number of hydrogen-bond acceptors (Lipinski definition) is 7. The average molecular weight is 466 g/mol. The van der Waals surface area contributed by atoms with E-state index < -0.39 is 6.36 Å². The van der Waals surface area contributed by atoms with E-state index in [0.29, 0.717) is 17.4 Å². The Hall–Kier alpha value is -3.28. The SMILES string of the molecule is CN(Cc1ccc(N(C)C)cc1)C(=O)CSc1nnnn1-c1ccc(OC(F)(F)F)cc1. The summed E-state index contributed by atoms with van der Waals surface area (Å²) in [6, 6.07) is 13.0. The molecule has 3 rings (SSSR count). The molecule has 12 heteroatoms. The summed E-state index contributed by atoms with van der Waals surface area (Å²) < 4.78 is 42.1. The van der Waals surface area contributed by atoms with Crippen LogP contribution in [0.5, 0.6) is 5.75 Å². The number of aromatic nitrogens is 4. The van der Waals surface area contributed by atoms with Gasteiger partial charge in [-0.1, -0.05) is 23.9 Å². The molecule has 2 aromatic carbocycles. The Morgan fingerprint density at radius 2 is 1.72 bits per heavy atom. The van der Waals surface area contributed by atoms with E-state index in [1.54, 1.807) is 11.9 Å². The van der Waals surface area contributed by atoms with Crippen LogP contribution in [-0.2, 0) is 11.3 Å². The van der Waals surface area contributed by atoms with Crippen LogP contribution in [0.4, 0.5) is 18.9 Å². The molecule has 0 radical (unpaired) electrons. The van der Waals surface area contributed by atoms with E-state index in [1.807, 2.05) is 43.3 Å². The molecule has 0 fully saturated rings. The molecule has 1 aromatic heterocycles. The summed E-state index contributed by atoms with van der Waals surface area (Å²) in [5.41, 5.74) is 2.51. The number of carbonyl (C=O) groups is 1. The predicted octanol–water partition coefficient (Wildman–Crippen LogP) is 3.38. The molecule has 0 aliphatic carbocycles. The van der Waals surface area contributed by atoms with Gasteiger partial charge < -0.3 is 14.5 Å². The Bertz CT molecular complexity index is 1040. The van der Waals surface area contributed by atoms with Crippen molar-refractivity contribution in [2.75, 3.05) is 31.8 Å². The molecule has 0 saturated heterocycles. The van der Waals surface area contributed by atoms with Crippen LogP contribution in [0, 0.1) is 0 Å². The molecule has 170 valence electrons. The summed E-state index contributed by atoms with van der Waals surface area (Å²) in [5, 5.41) is 11.7. The zero-order valence-corrected chi connectivity index (χ0v) is 18.4. The number of amides is 1. The fraction of sp³-hybridized carbons (Fsp3) is 0.300. The van der Waals surface area contributed by atoms with Gasteiger partial charge >= 0.3 is 6.36 Å². The molecule has 0 saturated carbocycles. The molecular weight excluding hydrogens is 445 g/mol. The standard InChI is InChI=1S/C20H21F3N6O2S/c1-27(2)15-6-4-14(5-7-15)12-28(3)18(30)13-32-19-24-25-26-29(19)16-8-10-17(11-9-16)31-20(21,22)23/h4-11H,12-13H2,1-3H3. The van der Waals surface area contributed by atoms with Gasteiger partial charge in [0.1, 0.15) is 5.75 Å². The van der Waals surface area contributed by atoms with Gasteiger partial charge in [-0.15, -0.1) is 18.3 Å². The van der Waals surface area contributed by atoms with Gasteiger partial charge in [0.2, 0.25) is 11.1 Å². The van der Waals surface area contributed by atoms with Gasteiger partial charge in [-0.05, 0) is 52.4 Å². The Kier molecular flexibility index (Phi) is 7.23. The van der Waals surface area contributed by atoms with Crippen molar-refractivity contribution in [3.63, 3.8) is 0 Å². The first-order valence-electron chi connectivity index (χ1n) is 9.40. The van der Waals surface area contributed by atoms with Crippen molar-refractivity contribution in [2.45, 2.75) is 18.1 Å². The zero-order valence-electron chi connectivity index (χ0n) is 17.6. The van der Waals surface area contributed by atoms with Crippen LogP contribution >= 0.6 is 11.8 Å². The highest BCUT2D eigenvalue weighted by atomic mass is 32.2. The number of carbonyl (C=O) groups excluding carboxylic acids is 1. The average Bonchev–Trinajstić information content (AvgIpc) is 3.20. The Morgan fingerprint density at radius 1 is 1.06 bits per heavy atom. The number of benzene rings is 2. The monoisotopic (exact) mass is 466 g/mol. The maximum atomic E-state index is 12.5. The number of thioether (sulfide) groups is 1. The molecule has 8 nitrogen and oxygen atoms in total.